The van der Waals surface area contributed by atoms with Crippen LogP contribution in [0.5, 0.6) is 0 Å². The predicted octanol–water partition coefficient (Wildman–Crippen LogP) is 2.01. The van der Waals surface area contributed by atoms with Crippen molar-refractivity contribution >= 4 is 12.1 Å². The van der Waals surface area contributed by atoms with Gasteiger partial charge in [0.05, 0.1) is 6.21 Å². The van der Waals surface area contributed by atoms with Crippen LogP contribution >= 0.6 is 0 Å². The fourth-order valence-electron chi connectivity index (χ4n) is 0.881. The second-order valence-corrected chi connectivity index (χ2v) is 3.11. The average Bonchev–Trinajstić information content (AvgIpc) is 2.19. The van der Waals surface area contributed by atoms with E-state index in [1.54, 1.807) is 24.3 Å². The van der Waals surface area contributed by atoms with Crippen molar-refractivity contribution in [2.75, 3.05) is 0 Å². The third-order valence-corrected chi connectivity index (χ3v) is 1.71. The van der Waals surface area contributed by atoms with Gasteiger partial charge in [-0.3, -0.25) is 4.79 Å². The van der Waals surface area contributed by atoms with Gasteiger partial charge in [-0.2, -0.15) is 18.3 Å². The van der Waals surface area contributed by atoms with Crippen LogP contribution in [0, 0.1) is 6.92 Å². The van der Waals surface area contributed by atoms with Gasteiger partial charge >= 0.3 is 12.1 Å². The third kappa shape index (κ3) is 3.72. The maximum absolute atomic E-state index is 11.7. The topological polar surface area (TPSA) is 41.5 Å². The van der Waals surface area contributed by atoms with E-state index in [9.17, 15) is 18.0 Å². The molecule has 0 atom stereocenters. The predicted molar refractivity (Wildman–Crippen MR) is 53.0 cm³/mol. The fraction of sp³-hybridized carbons (Fsp3) is 0.200. The molecule has 1 aromatic carbocycles. The summed E-state index contributed by atoms with van der Waals surface area (Å²) >= 11 is 0. The van der Waals surface area contributed by atoms with Crippen molar-refractivity contribution in [2.45, 2.75) is 13.1 Å². The molecule has 1 aromatic rings. The van der Waals surface area contributed by atoms with Crippen molar-refractivity contribution in [3.05, 3.63) is 35.4 Å². The Kier molecular flexibility index (Phi) is 3.65. The largest absolute Gasteiger partial charge is 0.473 e. The van der Waals surface area contributed by atoms with Crippen LogP contribution in [0.3, 0.4) is 0 Å². The van der Waals surface area contributed by atoms with Gasteiger partial charge in [0.25, 0.3) is 0 Å². The highest BCUT2D eigenvalue weighted by molar-refractivity contribution is 5.84. The summed E-state index contributed by atoms with van der Waals surface area (Å²) in [5.41, 5.74) is 3.02. The van der Waals surface area contributed by atoms with Crippen molar-refractivity contribution in [3.63, 3.8) is 0 Å². The zero-order chi connectivity index (χ0) is 12.2. The highest BCUT2D eigenvalue weighted by Gasteiger charge is 2.38. The molecule has 86 valence electrons. The molecule has 16 heavy (non-hydrogen) atoms. The number of carbonyl (C=O) groups excluding carboxylic acids is 1. The first-order valence-electron chi connectivity index (χ1n) is 4.36. The van der Waals surface area contributed by atoms with Crippen LogP contribution in [-0.4, -0.2) is 18.3 Å². The summed E-state index contributed by atoms with van der Waals surface area (Å²) in [6.07, 6.45) is -3.77. The van der Waals surface area contributed by atoms with Gasteiger partial charge in [-0.15, -0.1) is 0 Å². The second-order valence-electron chi connectivity index (χ2n) is 3.11. The Labute approximate surface area is 90.0 Å². The minimum atomic E-state index is -4.91. The molecule has 0 aliphatic carbocycles. The van der Waals surface area contributed by atoms with Gasteiger partial charge in [-0.1, -0.05) is 29.8 Å². The van der Waals surface area contributed by atoms with Crippen LogP contribution in [-0.2, 0) is 4.79 Å². The van der Waals surface area contributed by atoms with E-state index in [1.165, 1.54) is 5.43 Å². The van der Waals surface area contributed by atoms with Crippen LogP contribution < -0.4 is 5.43 Å². The summed E-state index contributed by atoms with van der Waals surface area (Å²) in [4.78, 5) is 10.4. The Hall–Kier alpha value is -1.85. The first-order chi connectivity index (χ1) is 7.39. The number of nitrogens with zero attached hydrogens (tertiary/aromatic N) is 1. The fourth-order valence-corrected chi connectivity index (χ4v) is 0.881. The lowest BCUT2D eigenvalue weighted by Crippen LogP contribution is -2.33. The van der Waals surface area contributed by atoms with E-state index in [-0.39, 0.29) is 0 Å². The van der Waals surface area contributed by atoms with E-state index in [1.807, 2.05) is 6.92 Å². The normalized spacial score (nSPS) is 11.8. The molecule has 0 aliphatic rings. The number of hydrogen-bond donors (Lipinski definition) is 1. The summed E-state index contributed by atoms with van der Waals surface area (Å²) in [7, 11) is 0. The number of hydrazone groups is 1. The lowest BCUT2D eigenvalue weighted by Gasteiger charge is -2.02. The molecule has 0 saturated heterocycles. The Morgan fingerprint density at radius 1 is 1.31 bits per heavy atom. The number of amides is 1. The molecule has 0 saturated carbocycles. The number of aryl methyl sites for hydroxylation is 1. The lowest BCUT2D eigenvalue weighted by molar-refractivity contribution is -0.173. The smallest absolute Gasteiger partial charge is 0.263 e. The van der Waals surface area contributed by atoms with Crippen molar-refractivity contribution in [1.82, 2.24) is 5.43 Å². The highest BCUT2D eigenvalue weighted by atomic mass is 19.4. The van der Waals surface area contributed by atoms with Crippen LogP contribution in [0.4, 0.5) is 13.2 Å². The first-order valence-corrected chi connectivity index (χ1v) is 4.36. The van der Waals surface area contributed by atoms with Crippen LogP contribution in [0.15, 0.2) is 29.4 Å². The van der Waals surface area contributed by atoms with E-state index in [0.717, 1.165) is 11.8 Å². The van der Waals surface area contributed by atoms with Gasteiger partial charge in [-0.25, -0.2) is 5.43 Å². The molecule has 0 aromatic heterocycles. The molecule has 0 fully saturated rings. The summed E-state index contributed by atoms with van der Waals surface area (Å²) in [6.45, 7) is 1.88. The molecule has 0 radical (unpaired) electrons. The van der Waals surface area contributed by atoms with Gasteiger partial charge in [-0.05, 0) is 12.5 Å². The molecule has 0 spiro atoms. The first kappa shape index (κ1) is 12.2. The van der Waals surface area contributed by atoms with Crippen LogP contribution in [0.25, 0.3) is 0 Å². The van der Waals surface area contributed by atoms with Gasteiger partial charge < -0.3 is 0 Å². The molecule has 0 aliphatic heterocycles. The van der Waals surface area contributed by atoms with E-state index in [0.29, 0.717) is 5.56 Å². The monoisotopic (exact) mass is 230 g/mol. The van der Waals surface area contributed by atoms with Crippen molar-refractivity contribution in [2.24, 2.45) is 5.10 Å². The lowest BCUT2D eigenvalue weighted by atomic mass is 10.2. The molecule has 1 rings (SSSR count). The minimum absolute atomic E-state index is 0.605. The summed E-state index contributed by atoms with van der Waals surface area (Å²) in [5, 5.41) is 3.19. The Bertz CT molecular complexity index is 396. The summed E-state index contributed by atoms with van der Waals surface area (Å²) in [6, 6.07) is 6.93. The van der Waals surface area contributed by atoms with Gasteiger partial charge in [0.2, 0.25) is 0 Å². The number of halogens is 3. The van der Waals surface area contributed by atoms with Gasteiger partial charge in [0.15, 0.2) is 0 Å². The van der Waals surface area contributed by atoms with E-state index in [4.69, 9.17) is 0 Å². The number of alkyl halides is 3. The number of nitrogens with one attached hydrogen (secondary N) is 1. The van der Waals surface area contributed by atoms with Crippen molar-refractivity contribution < 1.29 is 18.0 Å². The standard InChI is InChI=1S/C10H9F3N2O/c1-7-2-4-8(5-3-7)6-14-15-9(16)10(11,12)13/h2-6H,1H3,(H,15,16)/b14-6+. The molecule has 6 heteroatoms. The van der Waals surface area contributed by atoms with Crippen molar-refractivity contribution in [3.8, 4) is 0 Å². The molecule has 0 bridgehead atoms. The Morgan fingerprint density at radius 3 is 2.38 bits per heavy atom. The molecular weight excluding hydrogens is 221 g/mol. The van der Waals surface area contributed by atoms with E-state index >= 15 is 0 Å². The van der Waals surface area contributed by atoms with Gasteiger partial charge in [0, 0.05) is 0 Å². The van der Waals surface area contributed by atoms with E-state index < -0.39 is 12.1 Å². The summed E-state index contributed by atoms with van der Waals surface area (Å²) < 4.78 is 35.2. The molecule has 3 nitrogen and oxygen atoms in total. The quantitative estimate of drug-likeness (QED) is 0.612. The zero-order valence-electron chi connectivity index (χ0n) is 8.38. The SMILES string of the molecule is Cc1ccc(/C=N/NC(=O)C(F)(F)F)cc1. The molecule has 1 N–H and O–H groups in total. The molecule has 0 heterocycles. The maximum Gasteiger partial charge on any atom is 0.473 e. The van der Waals surface area contributed by atoms with Crippen molar-refractivity contribution in [1.29, 1.82) is 0 Å². The molecule has 0 unspecified atom stereocenters. The Balaban J connectivity index is 2.56. The van der Waals surface area contributed by atoms with Crippen LogP contribution in [0.1, 0.15) is 11.1 Å². The summed E-state index contributed by atoms with van der Waals surface area (Å²) in [5.74, 6) is -2.09. The number of carbonyl (C=O) groups is 1. The average molecular weight is 230 g/mol. The van der Waals surface area contributed by atoms with Crippen LogP contribution in [0.2, 0.25) is 0 Å². The number of benzene rings is 1. The maximum atomic E-state index is 11.7. The second kappa shape index (κ2) is 4.78. The molecular formula is C10H9F3N2O. The highest BCUT2D eigenvalue weighted by Crippen LogP contribution is 2.13. The minimum Gasteiger partial charge on any atom is -0.263 e. The number of hydrogen-bond acceptors (Lipinski definition) is 2. The third-order valence-electron chi connectivity index (χ3n) is 1.71. The Morgan fingerprint density at radius 2 is 1.88 bits per heavy atom. The molecule has 1 amide bonds. The van der Waals surface area contributed by atoms with E-state index in [2.05, 4.69) is 5.10 Å². The number of rotatable bonds is 2. The van der Waals surface area contributed by atoms with Gasteiger partial charge in [0.1, 0.15) is 0 Å². The zero-order valence-corrected chi connectivity index (χ0v) is 8.38.